The molecule has 0 unspecified atom stereocenters. The minimum absolute atomic E-state index is 0.0732. The second-order valence-electron chi connectivity index (χ2n) is 5.22. The molecule has 1 saturated heterocycles. The molecule has 0 spiro atoms. The van der Waals surface area contributed by atoms with E-state index in [0.29, 0.717) is 16.1 Å². The molecule has 2 N–H and O–H groups in total. The molecular formula is C13H17N3OS2. The summed E-state index contributed by atoms with van der Waals surface area (Å²) in [5.41, 5.74) is 6.72. The number of rotatable bonds is 2. The maximum Gasteiger partial charge on any atom is 0.171 e. The van der Waals surface area contributed by atoms with Gasteiger partial charge in [0, 0.05) is 30.5 Å². The summed E-state index contributed by atoms with van der Waals surface area (Å²) in [6, 6.07) is 2.15. The summed E-state index contributed by atoms with van der Waals surface area (Å²) in [6.45, 7) is 7.63. The van der Waals surface area contributed by atoms with Crippen molar-refractivity contribution in [2.45, 2.75) is 25.5 Å². The van der Waals surface area contributed by atoms with Crippen LogP contribution in [0.25, 0.3) is 0 Å². The van der Waals surface area contributed by atoms with Crippen LogP contribution in [0.4, 0.5) is 10.7 Å². The lowest BCUT2D eigenvalue weighted by Gasteiger charge is -2.38. The van der Waals surface area contributed by atoms with Gasteiger partial charge < -0.3 is 10.6 Å². The largest absolute Gasteiger partial charge is 0.396 e. The van der Waals surface area contributed by atoms with E-state index in [1.165, 1.54) is 18.3 Å². The van der Waals surface area contributed by atoms with Crippen LogP contribution >= 0.6 is 23.1 Å². The van der Waals surface area contributed by atoms with E-state index in [1.807, 2.05) is 11.8 Å². The number of nitrogens with zero attached hydrogens (tertiary/aromatic N) is 2. The zero-order valence-electron chi connectivity index (χ0n) is 11.3. The van der Waals surface area contributed by atoms with Gasteiger partial charge in [-0.2, -0.15) is 17.0 Å². The molecule has 2 heterocycles. The van der Waals surface area contributed by atoms with Gasteiger partial charge in [0.25, 0.3) is 0 Å². The molecule has 1 aliphatic heterocycles. The van der Waals surface area contributed by atoms with Gasteiger partial charge in [0.1, 0.15) is 16.6 Å². The van der Waals surface area contributed by atoms with Crippen molar-refractivity contribution in [1.82, 2.24) is 0 Å². The molecule has 1 aromatic rings. The van der Waals surface area contributed by atoms with Crippen LogP contribution in [0.2, 0.25) is 0 Å². The number of carbonyl (C=O) groups excluding carboxylic acids is 1. The van der Waals surface area contributed by atoms with Gasteiger partial charge in [-0.15, -0.1) is 11.3 Å². The lowest BCUT2D eigenvalue weighted by molar-refractivity contribution is 0.102. The molecule has 0 aliphatic carbocycles. The number of hydrogen-bond acceptors (Lipinski definition) is 6. The predicted octanol–water partition coefficient (Wildman–Crippen LogP) is 2.74. The highest BCUT2D eigenvalue weighted by molar-refractivity contribution is 8.00. The van der Waals surface area contributed by atoms with Gasteiger partial charge in [0.05, 0.1) is 10.6 Å². The Hall–Kier alpha value is -1.19. The maximum absolute atomic E-state index is 11.6. The van der Waals surface area contributed by atoms with Crippen LogP contribution < -0.4 is 10.6 Å². The molecule has 1 aromatic heterocycles. The van der Waals surface area contributed by atoms with E-state index < -0.39 is 0 Å². The van der Waals surface area contributed by atoms with Crippen molar-refractivity contribution in [3.8, 4) is 6.07 Å². The van der Waals surface area contributed by atoms with Crippen molar-refractivity contribution in [3.05, 3.63) is 10.4 Å². The molecule has 1 aliphatic rings. The number of anilines is 2. The molecule has 6 heteroatoms. The molecule has 102 valence electrons. The number of nitrogens with two attached hydrogens (primary N) is 1. The minimum atomic E-state index is -0.0732. The quantitative estimate of drug-likeness (QED) is 0.850. The average molecular weight is 295 g/mol. The van der Waals surface area contributed by atoms with Gasteiger partial charge in [-0.25, -0.2) is 0 Å². The third-order valence-electron chi connectivity index (χ3n) is 3.07. The van der Waals surface area contributed by atoms with Crippen molar-refractivity contribution < 1.29 is 4.79 Å². The number of carbonyl (C=O) groups is 1. The first kappa shape index (κ1) is 14.2. The van der Waals surface area contributed by atoms with Gasteiger partial charge >= 0.3 is 0 Å². The molecule has 2 rings (SSSR count). The van der Waals surface area contributed by atoms with E-state index in [9.17, 15) is 10.1 Å². The summed E-state index contributed by atoms with van der Waals surface area (Å²) >= 11 is 3.28. The van der Waals surface area contributed by atoms with Crippen LogP contribution in [0.3, 0.4) is 0 Å². The van der Waals surface area contributed by atoms with E-state index in [2.05, 4.69) is 24.8 Å². The molecule has 19 heavy (non-hydrogen) atoms. The Morgan fingerprint density at radius 1 is 1.53 bits per heavy atom. The van der Waals surface area contributed by atoms with Gasteiger partial charge in [-0.05, 0) is 13.8 Å². The van der Waals surface area contributed by atoms with Crippen LogP contribution in [-0.2, 0) is 0 Å². The fraction of sp³-hybridized carbons (Fsp3) is 0.538. The highest BCUT2D eigenvalue weighted by Crippen LogP contribution is 2.41. The second kappa shape index (κ2) is 5.06. The molecule has 0 amide bonds. The summed E-state index contributed by atoms with van der Waals surface area (Å²) in [5.74, 6) is 0.946. The first-order chi connectivity index (χ1) is 8.85. The number of thioether (sulfide) groups is 1. The molecule has 0 bridgehead atoms. The standard InChI is InChI=1S/C13H17N3OS2/c1-8(17)11-10(15)9(6-14)12(19-11)16-4-5-18-13(2,3)7-16/h4-5,7,15H2,1-3H3. The third-order valence-corrected chi connectivity index (χ3v) is 5.74. The Morgan fingerprint density at radius 3 is 2.74 bits per heavy atom. The SMILES string of the molecule is CC(=O)c1sc(N2CCSC(C)(C)C2)c(C#N)c1N. The van der Waals surface area contributed by atoms with E-state index >= 15 is 0 Å². The molecule has 4 nitrogen and oxygen atoms in total. The van der Waals surface area contributed by atoms with Crippen LogP contribution in [0, 0.1) is 11.3 Å². The molecule has 0 atom stereocenters. The first-order valence-electron chi connectivity index (χ1n) is 6.08. The molecule has 0 aromatic carbocycles. The fourth-order valence-electron chi connectivity index (χ4n) is 2.21. The van der Waals surface area contributed by atoms with Gasteiger partial charge in [-0.1, -0.05) is 0 Å². The number of hydrogen-bond donors (Lipinski definition) is 1. The molecule has 0 saturated carbocycles. The highest BCUT2D eigenvalue weighted by Gasteiger charge is 2.31. The maximum atomic E-state index is 11.6. The second-order valence-corrected chi connectivity index (χ2v) is 8.02. The summed E-state index contributed by atoms with van der Waals surface area (Å²) in [4.78, 5) is 14.2. The Balaban J connectivity index is 2.42. The van der Waals surface area contributed by atoms with Crippen molar-refractivity contribution in [3.63, 3.8) is 0 Å². The number of nitrogen functional groups attached to an aromatic ring is 1. The third kappa shape index (κ3) is 2.72. The van der Waals surface area contributed by atoms with E-state index in [0.717, 1.165) is 23.8 Å². The van der Waals surface area contributed by atoms with Crippen molar-refractivity contribution in [2.75, 3.05) is 29.5 Å². The summed E-state index contributed by atoms with van der Waals surface area (Å²) in [5, 5.41) is 10.1. The number of ketones is 1. The van der Waals surface area contributed by atoms with E-state index in [1.54, 1.807) is 0 Å². The molecular weight excluding hydrogens is 278 g/mol. The lowest BCUT2D eigenvalue weighted by Crippen LogP contribution is -2.43. The Kier molecular flexibility index (Phi) is 3.79. The Bertz CT molecular complexity index is 557. The van der Waals surface area contributed by atoms with Crippen molar-refractivity contribution >= 4 is 39.6 Å². The molecule has 0 radical (unpaired) electrons. The van der Waals surface area contributed by atoms with Crippen LogP contribution in [0.1, 0.15) is 36.0 Å². The van der Waals surface area contributed by atoms with Crippen LogP contribution in [0.5, 0.6) is 0 Å². The van der Waals surface area contributed by atoms with Gasteiger partial charge in [-0.3, -0.25) is 4.79 Å². The summed E-state index contributed by atoms with van der Waals surface area (Å²) in [7, 11) is 0. The topological polar surface area (TPSA) is 70.1 Å². The first-order valence-corrected chi connectivity index (χ1v) is 7.88. The van der Waals surface area contributed by atoms with E-state index in [4.69, 9.17) is 5.73 Å². The van der Waals surface area contributed by atoms with E-state index in [-0.39, 0.29) is 10.5 Å². The molecule has 1 fully saturated rings. The number of nitriles is 1. The normalized spacial score (nSPS) is 18.1. The van der Waals surface area contributed by atoms with Crippen LogP contribution in [0.15, 0.2) is 0 Å². The smallest absolute Gasteiger partial charge is 0.171 e. The monoisotopic (exact) mass is 295 g/mol. The predicted molar refractivity (Wildman–Crippen MR) is 82.2 cm³/mol. The van der Waals surface area contributed by atoms with Crippen molar-refractivity contribution in [1.29, 1.82) is 5.26 Å². The highest BCUT2D eigenvalue weighted by atomic mass is 32.2. The van der Waals surface area contributed by atoms with Crippen LogP contribution in [-0.4, -0.2) is 29.4 Å². The lowest BCUT2D eigenvalue weighted by atomic mass is 10.1. The minimum Gasteiger partial charge on any atom is -0.396 e. The summed E-state index contributed by atoms with van der Waals surface area (Å²) < 4.78 is 0.153. The Morgan fingerprint density at radius 2 is 2.21 bits per heavy atom. The van der Waals surface area contributed by atoms with Gasteiger partial charge in [0.15, 0.2) is 5.78 Å². The average Bonchev–Trinajstić information content (AvgIpc) is 2.65. The zero-order valence-corrected chi connectivity index (χ0v) is 13.0. The summed E-state index contributed by atoms with van der Waals surface area (Å²) in [6.07, 6.45) is 0. The van der Waals surface area contributed by atoms with Crippen molar-refractivity contribution in [2.24, 2.45) is 0 Å². The Labute approximate surface area is 121 Å². The number of thiophene rings is 1. The fourth-order valence-corrected chi connectivity index (χ4v) is 4.42. The zero-order chi connectivity index (χ0) is 14.2. The number of Topliss-reactive ketones (excluding diaryl/α,β-unsaturated/α-hetero) is 1. The van der Waals surface area contributed by atoms with Gasteiger partial charge in [0.2, 0.25) is 0 Å².